The first-order valence-electron chi connectivity index (χ1n) is 9.88. The Morgan fingerprint density at radius 3 is 2.38 bits per heavy atom. The van der Waals surface area contributed by atoms with E-state index in [9.17, 15) is 22.4 Å². The number of hydrogen-bond acceptors (Lipinski definition) is 2. The number of amides is 1. The molecule has 0 bridgehead atoms. The number of hydrogen-bond donors (Lipinski definition) is 0. The Labute approximate surface area is 175 Å². The van der Waals surface area contributed by atoms with Crippen LogP contribution in [0.15, 0.2) is 24.3 Å². The second kappa shape index (κ2) is 9.21. The smallest absolute Gasteiger partial charge is 0.338 e. The number of piperidine rings is 1. The molecule has 2 aliphatic heterocycles. The van der Waals surface area contributed by atoms with E-state index in [0.717, 1.165) is 25.0 Å². The maximum absolute atomic E-state index is 13.6. The summed E-state index contributed by atoms with van der Waals surface area (Å²) in [6, 6.07) is 4.77. The highest BCUT2D eigenvalue weighted by Crippen LogP contribution is 2.36. The van der Waals surface area contributed by atoms with Gasteiger partial charge in [0.05, 0.1) is 12.0 Å². The second-order valence-corrected chi connectivity index (χ2v) is 8.71. The van der Waals surface area contributed by atoms with E-state index in [2.05, 4.69) is 18.7 Å². The lowest BCUT2D eigenvalue weighted by Gasteiger charge is -2.48. The minimum atomic E-state index is -4.38. The lowest BCUT2D eigenvalue weighted by molar-refractivity contribution is -0.139. The van der Waals surface area contributed by atoms with Crippen LogP contribution in [0.1, 0.15) is 44.2 Å². The highest BCUT2D eigenvalue weighted by Gasteiger charge is 2.41. The third kappa shape index (κ3) is 5.85. The van der Waals surface area contributed by atoms with Crippen molar-refractivity contribution < 1.29 is 22.4 Å². The maximum atomic E-state index is 13.6. The molecule has 1 aromatic rings. The van der Waals surface area contributed by atoms with E-state index in [0.29, 0.717) is 38.2 Å². The summed E-state index contributed by atoms with van der Waals surface area (Å²) in [4.78, 5) is 16.9. The van der Waals surface area contributed by atoms with Crippen LogP contribution in [-0.4, -0.2) is 54.1 Å². The fraction of sp³-hybridized carbons (Fsp3) is 0.667. The molecule has 164 valence electrons. The molecule has 0 aromatic heterocycles. The Morgan fingerprint density at radius 1 is 1.17 bits per heavy atom. The highest BCUT2D eigenvalue weighted by atomic mass is 35.5. The Morgan fingerprint density at radius 2 is 1.83 bits per heavy atom. The fourth-order valence-electron chi connectivity index (χ4n) is 4.38. The van der Waals surface area contributed by atoms with Crippen LogP contribution >= 0.6 is 12.4 Å². The van der Waals surface area contributed by atoms with Crippen LogP contribution in [0, 0.1) is 5.41 Å². The number of likely N-dealkylation sites (tertiary alicyclic amines) is 2. The van der Waals surface area contributed by atoms with Gasteiger partial charge in [-0.2, -0.15) is 13.2 Å². The molecule has 0 spiro atoms. The first-order valence-corrected chi connectivity index (χ1v) is 9.88. The molecule has 1 amide bonds. The van der Waals surface area contributed by atoms with Crippen molar-refractivity contribution in [2.45, 2.75) is 57.9 Å². The zero-order valence-electron chi connectivity index (χ0n) is 16.8. The SMILES string of the molecule is CC1(C)CCCN(C(=O)Cc2ccc(C(F)(F)F)cc2)C1CN1CCC(F)C1.Cl. The molecule has 1 aromatic carbocycles. The summed E-state index contributed by atoms with van der Waals surface area (Å²) in [5, 5.41) is 0. The summed E-state index contributed by atoms with van der Waals surface area (Å²) in [7, 11) is 0. The topological polar surface area (TPSA) is 23.6 Å². The van der Waals surface area contributed by atoms with Gasteiger partial charge in [0.2, 0.25) is 5.91 Å². The molecule has 0 saturated carbocycles. The molecule has 2 fully saturated rings. The number of carbonyl (C=O) groups is 1. The molecule has 3 rings (SSSR count). The molecule has 0 N–H and O–H groups in total. The molecule has 2 aliphatic rings. The number of benzene rings is 1. The largest absolute Gasteiger partial charge is 0.416 e. The van der Waals surface area contributed by atoms with E-state index in [1.807, 2.05) is 4.90 Å². The first kappa shape index (κ1) is 23.9. The molecule has 0 radical (unpaired) electrons. The average Bonchev–Trinajstić information content (AvgIpc) is 3.01. The number of nitrogens with zero attached hydrogens (tertiary/aromatic N) is 2. The molecule has 0 aliphatic carbocycles. The number of alkyl halides is 4. The van der Waals surface area contributed by atoms with Gasteiger partial charge in [-0.05, 0) is 42.4 Å². The Hall–Kier alpha value is -1.34. The van der Waals surface area contributed by atoms with Crippen LogP contribution in [0.4, 0.5) is 17.6 Å². The summed E-state index contributed by atoms with van der Waals surface area (Å²) in [6.07, 6.45) is -2.68. The van der Waals surface area contributed by atoms with Gasteiger partial charge in [-0.25, -0.2) is 4.39 Å². The van der Waals surface area contributed by atoms with E-state index >= 15 is 0 Å². The lowest BCUT2D eigenvalue weighted by Crippen LogP contribution is -2.57. The summed E-state index contributed by atoms with van der Waals surface area (Å²) >= 11 is 0. The van der Waals surface area contributed by atoms with Crippen molar-refractivity contribution in [3.05, 3.63) is 35.4 Å². The van der Waals surface area contributed by atoms with E-state index in [-0.39, 0.29) is 36.2 Å². The summed E-state index contributed by atoms with van der Waals surface area (Å²) in [5.74, 6) is -0.0754. The van der Waals surface area contributed by atoms with Gasteiger partial charge in [0.1, 0.15) is 6.17 Å². The van der Waals surface area contributed by atoms with Crippen LogP contribution in [0.2, 0.25) is 0 Å². The van der Waals surface area contributed by atoms with Crippen molar-refractivity contribution >= 4 is 18.3 Å². The van der Waals surface area contributed by atoms with Crippen molar-refractivity contribution in [2.75, 3.05) is 26.2 Å². The number of carbonyl (C=O) groups excluding carboxylic acids is 1. The van der Waals surface area contributed by atoms with Crippen molar-refractivity contribution in [1.82, 2.24) is 9.80 Å². The van der Waals surface area contributed by atoms with Crippen molar-refractivity contribution in [1.29, 1.82) is 0 Å². The van der Waals surface area contributed by atoms with Crippen LogP contribution < -0.4 is 0 Å². The van der Waals surface area contributed by atoms with Crippen molar-refractivity contribution in [3.8, 4) is 0 Å². The van der Waals surface area contributed by atoms with E-state index in [1.54, 1.807) is 0 Å². The van der Waals surface area contributed by atoms with E-state index < -0.39 is 17.9 Å². The first-order chi connectivity index (χ1) is 13.1. The van der Waals surface area contributed by atoms with Crippen LogP contribution in [0.5, 0.6) is 0 Å². The van der Waals surface area contributed by atoms with Gasteiger partial charge >= 0.3 is 6.18 Å². The molecule has 3 nitrogen and oxygen atoms in total. The number of rotatable bonds is 4. The minimum Gasteiger partial charge on any atom is -0.338 e. The van der Waals surface area contributed by atoms with Gasteiger partial charge in [-0.3, -0.25) is 9.69 Å². The third-order valence-corrected chi connectivity index (χ3v) is 6.10. The predicted octanol–water partition coefficient (Wildman–Crippen LogP) is 4.73. The van der Waals surface area contributed by atoms with Gasteiger partial charge < -0.3 is 4.90 Å². The van der Waals surface area contributed by atoms with Crippen LogP contribution in [0.3, 0.4) is 0 Å². The fourth-order valence-corrected chi connectivity index (χ4v) is 4.38. The Bertz CT molecular complexity index is 693. The zero-order chi connectivity index (χ0) is 20.5. The van der Waals surface area contributed by atoms with Gasteiger partial charge in [-0.15, -0.1) is 12.4 Å². The van der Waals surface area contributed by atoms with E-state index in [4.69, 9.17) is 0 Å². The monoisotopic (exact) mass is 436 g/mol. The quantitative estimate of drug-likeness (QED) is 0.637. The van der Waals surface area contributed by atoms with Crippen molar-refractivity contribution in [2.24, 2.45) is 5.41 Å². The van der Waals surface area contributed by atoms with Gasteiger partial charge in [0.15, 0.2) is 0 Å². The normalized spacial score (nSPS) is 25.0. The average molecular weight is 437 g/mol. The predicted molar refractivity (Wildman–Crippen MR) is 107 cm³/mol. The summed E-state index contributed by atoms with van der Waals surface area (Å²) in [6.45, 7) is 6.67. The van der Waals surface area contributed by atoms with Gasteiger partial charge in [0, 0.05) is 32.2 Å². The van der Waals surface area contributed by atoms with Crippen LogP contribution in [0.25, 0.3) is 0 Å². The molecule has 2 atom stereocenters. The van der Waals surface area contributed by atoms with Crippen LogP contribution in [-0.2, 0) is 17.4 Å². The highest BCUT2D eigenvalue weighted by molar-refractivity contribution is 5.85. The maximum Gasteiger partial charge on any atom is 0.416 e. The second-order valence-electron chi connectivity index (χ2n) is 8.71. The summed E-state index contributed by atoms with van der Waals surface area (Å²) in [5.41, 5.74) is -0.219. The molecule has 29 heavy (non-hydrogen) atoms. The Balaban J connectivity index is 0.00000300. The zero-order valence-corrected chi connectivity index (χ0v) is 17.7. The molecular weight excluding hydrogens is 408 g/mol. The third-order valence-electron chi connectivity index (χ3n) is 6.10. The molecule has 2 saturated heterocycles. The van der Waals surface area contributed by atoms with Crippen molar-refractivity contribution in [3.63, 3.8) is 0 Å². The summed E-state index contributed by atoms with van der Waals surface area (Å²) < 4.78 is 51.8. The lowest BCUT2D eigenvalue weighted by atomic mass is 9.76. The standard InChI is InChI=1S/C21H28F4N2O.ClH/c1-20(2)9-3-10-27(18(20)14-26-11-8-17(22)13-26)19(28)12-15-4-6-16(7-5-15)21(23,24)25;/h4-7,17-18H,3,8-14H2,1-2H3;1H. The van der Waals surface area contributed by atoms with Gasteiger partial charge in [0.25, 0.3) is 0 Å². The van der Waals surface area contributed by atoms with E-state index in [1.165, 1.54) is 12.1 Å². The molecular formula is C21H29ClF4N2O. The molecule has 8 heteroatoms. The molecule has 2 unspecified atom stereocenters. The number of halogens is 5. The van der Waals surface area contributed by atoms with Gasteiger partial charge in [-0.1, -0.05) is 26.0 Å². The minimum absolute atomic E-state index is 0. The molecule has 2 heterocycles. The Kier molecular flexibility index (Phi) is 7.60.